The van der Waals surface area contributed by atoms with E-state index in [2.05, 4.69) is 27.4 Å². The van der Waals surface area contributed by atoms with Crippen LogP contribution in [-0.2, 0) is 13.2 Å². The molecule has 3 aromatic rings. The fourth-order valence-electron chi connectivity index (χ4n) is 2.51. The molecule has 1 heterocycles. The SMILES string of the molecule is CCCn1nnnc1N=Cc1ccc(OCc2ccccc2)c(OCC)c1. The molecule has 0 fully saturated rings. The maximum absolute atomic E-state index is 5.93. The van der Waals surface area contributed by atoms with Gasteiger partial charge in [-0.1, -0.05) is 42.4 Å². The highest BCUT2D eigenvalue weighted by atomic mass is 16.5. The lowest BCUT2D eigenvalue weighted by molar-refractivity contribution is 0.269. The van der Waals surface area contributed by atoms with E-state index >= 15 is 0 Å². The van der Waals surface area contributed by atoms with Crippen molar-refractivity contribution in [1.82, 2.24) is 20.2 Å². The first kappa shape index (κ1) is 18.6. The van der Waals surface area contributed by atoms with Crippen LogP contribution in [0.4, 0.5) is 5.95 Å². The Morgan fingerprint density at radius 2 is 1.89 bits per heavy atom. The van der Waals surface area contributed by atoms with Gasteiger partial charge < -0.3 is 9.47 Å². The molecule has 0 radical (unpaired) electrons. The van der Waals surface area contributed by atoms with Gasteiger partial charge in [0, 0.05) is 12.8 Å². The van der Waals surface area contributed by atoms with Gasteiger partial charge in [0.1, 0.15) is 6.61 Å². The molecule has 7 heteroatoms. The van der Waals surface area contributed by atoms with Crippen LogP contribution < -0.4 is 9.47 Å². The molecule has 0 spiro atoms. The van der Waals surface area contributed by atoms with E-state index in [-0.39, 0.29) is 0 Å². The van der Waals surface area contributed by atoms with Crippen LogP contribution in [0, 0.1) is 0 Å². The lowest BCUT2D eigenvalue weighted by Gasteiger charge is -2.12. The Labute approximate surface area is 158 Å². The van der Waals surface area contributed by atoms with Gasteiger partial charge in [0.15, 0.2) is 11.5 Å². The summed E-state index contributed by atoms with van der Waals surface area (Å²) in [4.78, 5) is 4.39. The highest BCUT2D eigenvalue weighted by molar-refractivity contribution is 5.82. The Hall–Kier alpha value is -3.22. The van der Waals surface area contributed by atoms with Crippen LogP contribution in [0.1, 0.15) is 31.4 Å². The van der Waals surface area contributed by atoms with Crippen LogP contribution in [0.3, 0.4) is 0 Å². The van der Waals surface area contributed by atoms with Gasteiger partial charge in [-0.3, -0.25) is 0 Å². The first-order valence-corrected chi connectivity index (χ1v) is 9.04. The molecular weight excluding hydrogens is 342 g/mol. The summed E-state index contributed by atoms with van der Waals surface area (Å²) in [7, 11) is 0. The molecule has 0 aliphatic rings. The first-order chi connectivity index (χ1) is 13.3. The Kier molecular flexibility index (Phi) is 6.51. The Bertz CT molecular complexity index is 877. The molecule has 0 aliphatic carbocycles. The largest absolute Gasteiger partial charge is 0.490 e. The van der Waals surface area contributed by atoms with Crippen LogP contribution in [0.5, 0.6) is 11.5 Å². The monoisotopic (exact) mass is 365 g/mol. The number of nitrogens with zero attached hydrogens (tertiary/aromatic N) is 5. The number of aromatic nitrogens is 4. The number of aryl methyl sites for hydroxylation is 1. The molecule has 27 heavy (non-hydrogen) atoms. The smallest absolute Gasteiger partial charge is 0.269 e. The number of aliphatic imine (C=N–C) groups is 1. The van der Waals surface area contributed by atoms with Gasteiger partial charge >= 0.3 is 0 Å². The van der Waals surface area contributed by atoms with E-state index in [0.717, 1.165) is 24.1 Å². The van der Waals surface area contributed by atoms with E-state index in [0.29, 0.717) is 30.7 Å². The minimum Gasteiger partial charge on any atom is -0.490 e. The molecule has 1 aromatic heterocycles. The number of rotatable bonds is 9. The van der Waals surface area contributed by atoms with E-state index in [1.165, 1.54) is 0 Å². The predicted molar refractivity (Wildman–Crippen MR) is 104 cm³/mol. The van der Waals surface area contributed by atoms with E-state index < -0.39 is 0 Å². The molecule has 3 rings (SSSR count). The number of hydrogen-bond acceptors (Lipinski definition) is 6. The highest BCUT2D eigenvalue weighted by Gasteiger charge is 2.07. The highest BCUT2D eigenvalue weighted by Crippen LogP contribution is 2.29. The van der Waals surface area contributed by atoms with Crippen molar-refractivity contribution in [3.63, 3.8) is 0 Å². The molecule has 0 amide bonds. The fraction of sp³-hybridized carbons (Fsp3) is 0.300. The number of ether oxygens (including phenoxy) is 2. The Balaban J connectivity index is 1.74. The van der Waals surface area contributed by atoms with E-state index in [4.69, 9.17) is 9.47 Å². The summed E-state index contributed by atoms with van der Waals surface area (Å²) in [5.41, 5.74) is 1.99. The molecule has 0 bridgehead atoms. The Morgan fingerprint density at radius 3 is 2.67 bits per heavy atom. The topological polar surface area (TPSA) is 74.4 Å². The average molecular weight is 365 g/mol. The van der Waals surface area contributed by atoms with Crippen molar-refractivity contribution in [2.75, 3.05) is 6.61 Å². The maximum Gasteiger partial charge on any atom is 0.269 e. The normalized spacial score (nSPS) is 11.0. The van der Waals surface area contributed by atoms with Crippen LogP contribution in [0.25, 0.3) is 0 Å². The van der Waals surface area contributed by atoms with Crippen LogP contribution >= 0.6 is 0 Å². The minimum atomic E-state index is 0.485. The fourth-order valence-corrected chi connectivity index (χ4v) is 2.51. The van der Waals surface area contributed by atoms with Gasteiger partial charge in [0.05, 0.1) is 6.61 Å². The maximum atomic E-state index is 5.93. The molecule has 0 unspecified atom stereocenters. The number of benzene rings is 2. The lowest BCUT2D eigenvalue weighted by atomic mass is 10.2. The summed E-state index contributed by atoms with van der Waals surface area (Å²) in [5, 5.41) is 11.5. The van der Waals surface area contributed by atoms with E-state index in [1.807, 2.05) is 55.5 Å². The summed E-state index contributed by atoms with van der Waals surface area (Å²) in [6.45, 7) is 5.78. The lowest BCUT2D eigenvalue weighted by Crippen LogP contribution is -2.00. The average Bonchev–Trinajstić information content (AvgIpc) is 3.14. The molecule has 0 N–H and O–H groups in total. The van der Waals surface area contributed by atoms with Crippen molar-refractivity contribution in [2.24, 2.45) is 4.99 Å². The van der Waals surface area contributed by atoms with E-state index in [9.17, 15) is 0 Å². The second-order valence-electron chi connectivity index (χ2n) is 5.87. The van der Waals surface area contributed by atoms with Crippen molar-refractivity contribution in [1.29, 1.82) is 0 Å². The van der Waals surface area contributed by atoms with Gasteiger partial charge in [0.2, 0.25) is 0 Å². The van der Waals surface area contributed by atoms with Gasteiger partial charge in [-0.15, -0.1) is 0 Å². The van der Waals surface area contributed by atoms with Crippen LogP contribution in [-0.4, -0.2) is 33.0 Å². The molecule has 0 saturated carbocycles. The zero-order valence-electron chi connectivity index (χ0n) is 15.6. The molecule has 2 aromatic carbocycles. The quantitative estimate of drug-likeness (QED) is 0.539. The minimum absolute atomic E-state index is 0.485. The Morgan fingerprint density at radius 1 is 1.04 bits per heavy atom. The van der Waals surface area contributed by atoms with Crippen molar-refractivity contribution in [3.05, 3.63) is 59.7 Å². The molecule has 7 nitrogen and oxygen atoms in total. The zero-order chi connectivity index (χ0) is 18.9. The predicted octanol–water partition coefficient (Wildman–Crippen LogP) is 3.81. The first-order valence-electron chi connectivity index (χ1n) is 9.04. The van der Waals surface area contributed by atoms with E-state index in [1.54, 1.807) is 10.9 Å². The summed E-state index contributed by atoms with van der Waals surface area (Å²) < 4.78 is 13.3. The summed E-state index contributed by atoms with van der Waals surface area (Å²) in [6, 6.07) is 15.8. The van der Waals surface area contributed by atoms with Crippen molar-refractivity contribution >= 4 is 12.2 Å². The summed E-state index contributed by atoms with van der Waals surface area (Å²) >= 11 is 0. The molecule has 0 atom stereocenters. The molecule has 0 aliphatic heterocycles. The standard InChI is InChI=1S/C20H23N5O2/c1-3-12-25-20(22-23-24-25)21-14-17-10-11-18(19(13-17)26-4-2)27-15-16-8-6-5-7-9-16/h5-11,13-14H,3-4,12,15H2,1-2H3. The summed E-state index contributed by atoms with van der Waals surface area (Å²) in [6.07, 6.45) is 2.66. The van der Waals surface area contributed by atoms with Crippen LogP contribution in [0.2, 0.25) is 0 Å². The van der Waals surface area contributed by atoms with Crippen molar-refractivity contribution in [3.8, 4) is 11.5 Å². The summed E-state index contributed by atoms with van der Waals surface area (Å²) in [5.74, 6) is 1.87. The van der Waals surface area contributed by atoms with Gasteiger partial charge in [-0.25, -0.2) is 9.67 Å². The zero-order valence-corrected chi connectivity index (χ0v) is 15.6. The van der Waals surface area contributed by atoms with Gasteiger partial charge in [0.25, 0.3) is 5.95 Å². The van der Waals surface area contributed by atoms with Crippen molar-refractivity contribution < 1.29 is 9.47 Å². The van der Waals surface area contributed by atoms with Crippen molar-refractivity contribution in [2.45, 2.75) is 33.4 Å². The van der Waals surface area contributed by atoms with Crippen LogP contribution in [0.15, 0.2) is 53.5 Å². The third kappa shape index (κ3) is 5.13. The van der Waals surface area contributed by atoms with Gasteiger partial charge in [-0.2, -0.15) is 0 Å². The third-order valence-electron chi connectivity index (χ3n) is 3.78. The molecule has 140 valence electrons. The van der Waals surface area contributed by atoms with Gasteiger partial charge in [-0.05, 0) is 53.1 Å². The second-order valence-corrected chi connectivity index (χ2v) is 5.87. The molecule has 0 saturated heterocycles. The molecular formula is C20H23N5O2. The third-order valence-corrected chi connectivity index (χ3v) is 3.78. The second kappa shape index (κ2) is 9.47. The number of tetrazole rings is 1. The number of hydrogen-bond donors (Lipinski definition) is 0.